The second kappa shape index (κ2) is 5.28. The van der Waals surface area contributed by atoms with Gasteiger partial charge in [-0.05, 0) is 37.8 Å². The van der Waals surface area contributed by atoms with E-state index in [-0.39, 0.29) is 24.8 Å². The highest BCUT2D eigenvalue weighted by Gasteiger charge is 2.34. The lowest BCUT2D eigenvalue weighted by Gasteiger charge is -2.32. The Balaban J connectivity index is 0.000000605. The van der Waals surface area contributed by atoms with Gasteiger partial charge in [0.15, 0.2) is 0 Å². The molecule has 2 aliphatic rings. The smallest absolute Gasteiger partial charge is 0.00205 e. The van der Waals surface area contributed by atoms with Crippen LogP contribution in [-0.2, 0) is 0 Å². The normalized spacial score (nSPS) is 34.0. The monoisotopic (exact) mass is 212 g/mol. The van der Waals surface area contributed by atoms with E-state index in [0.717, 1.165) is 0 Å². The lowest BCUT2D eigenvalue weighted by Crippen LogP contribution is -2.41. The van der Waals surface area contributed by atoms with Crippen LogP contribution in [-0.4, -0.2) is 26.2 Å². The van der Waals surface area contributed by atoms with Gasteiger partial charge in [0.1, 0.15) is 0 Å². The van der Waals surface area contributed by atoms with E-state index in [9.17, 15) is 0 Å². The molecular formula is C8H18Cl2N2. The minimum absolute atomic E-state index is 0. The second-order valence-electron chi connectivity index (χ2n) is 3.71. The Morgan fingerprint density at radius 2 is 1.50 bits per heavy atom. The summed E-state index contributed by atoms with van der Waals surface area (Å²) in [5.41, 5.74) is 0.651. The Morgan fingerprint density at radius 1 is 0.833 bits per heavy atom. The minimum Gasteiger partial charge on any atom is -0.316 e. The van der Waals surface area contributed by atoms with E-state index >= 15 is 0 Å². The van der Waals surface area contributed by atoms with Gasteiger partial charge in [-0.3, -0.25) is 0 Å². The van der Waals surface area contributed by atoms with E-state index in [4.69, 9.17) is 0 Å². The molecule has 0 aromatic heterocycles. The van der Waals surface area contributed by atoms with E-state index in [1.54, 1.807) is 0 Å². The summed E-state index contributed by atoms with van der Waals surface area (Å²) in [7, 11) is 0. The molecule has 2 fully saturated rings. The molecule has 2 aliphatic heterocycles. The van der Waals surface area contributed by atoms with Crippen LogP contribution in [0.2, 0.25) is 0 Å². The fourth-order valence-corrected chi connectivity index (χ4v) is 2.19. The molecule has 0 aromatic rings. The van der Waals surface area contributed by atoms with Gasteiger partial charge in [0.2, 0.25) is 0 Å². The number of hydrogen-bond acceptors (Lipinski definition) is 2. The van der Waals surface area contributed by atoms with Crippen molar-refractivity contribution < 1.29 is 0 Å². The molecule has 1 spiro atoms. The van der Waals surface area contributed by atoms with Crippen LogP contribution in [0.5, 0.6) is 0 Å². The minimum atomic E-state index is 0. The van der Waals surface area contributed by atoms with Crippen LogP contribution < -0.4 is 10.6 Å². The molecular weight excluding hydrogens is 195 g/mol. The molecule has 1 unspecified atom stereocenters. The van der Waals surface area contributed by atoms with E-state index in [2.05, 4.69) is 10.6 Å². The molecule has 0 amide bonds. The van der Waals surface area contributed by atoms with Crippen molar-refractivity contribution in [1.29, 1.82) is 0 Å². The number of piperidine rings is 1. The summed E-state index contributed by atoms with van der Waals surface area (Å²) < 4.78 is 0. The topological polar surface area (TPSA) is 24.1 Å². The number of rotatable bonds is 0. The zero-order chi connectivity index (χ0) is 6.86. The maximum absolute atomic E-state index is 3.48. The summed E-state index contributed by atoms with van der Waals surface area (Å²) in [6, 6.07) is 0. The van der Waals surface area contributed by atoms with Crippen molar-refractivity contribution in [3.63, 3.8) is 0 Å². The molecule has 2 saturated heterocycles. The van der Waals surface area contributed by atoms with Gasteiger partial charge in [-0.25, -0.2) is 0 Å². The van der Waals surface area contributed by atoms with Crippen molar-refractivity contribution in [2.75, 3.05) is 26.2 Å². The van der Waals surface area contributed by atoms with E-state index in [0.29, 0.717) is 5.41 Å². The quantitative estimate of drug-likeness (QED) is 0.631. The summed E-state index contributed by atoms with van der Waals surface area (Å²) in [5, 5.41) is 6.92. The molecule has 0 aromatic carbocycles. The molecule has 0 bridgehead atoms. The highest BCUT2D eigenvalue weighted by Crippen LogP contribution is 2.31. The molecule has 2 heterocycles. The molecule has 0 saturated carbocycles. The maximum atomic E-state index is 3.48. The number of nitrogens with one attached hydrogen (secondary N) is 2. The van der Waals surface area contributed by atoms with Gasteiger partial charge in [-0.15, -0.1) is 24.8 Å². The van der Waals surface area contributed by atoms with Gasteiger partial charge >= 0.3 is 0 Å². The van der Waals surface area contributed by atoms with Gasteiger partial charge in [-0.1, -0.05) is 0 Å². The molecule has 12 heavy (non-hydrogen) atoms. The van der Waals surface area contributed by atoms with E-state index in [1.807, 2.05) is 0 Å². The number of hydrogen-bond donors (Lipinski definition) is 2. The first-order chi connectivity index (χ1) is 4.91. The van der Waals surface area contributed by atoms with Crippen LogP contribution >= 0.6 is 24.8 Å². The predicted molar refractivity (Wildman–Crippen MR) is 56.5 cm³/mol. The van der Waals surface area contributed by atoms with Crippen molar-refractivity contribution in [2.45, 2.75) is 19.3 Å². The summed E-state index contributed by atoms with van der Waals surface area (Å²) in [6.07, 6.45) is 4.20. The van der Waals surface area contributed by atoms with Gasteiger partial charge in [0.05, 0.1) is 0 Å². The maximum Gasteiger partial charge on any atom is 0.00205 e. The van der Waals surface area contributed by atoms with Crippen LogP contribution in [0.15, 0.2) is 0 Å². The van der Waals surface area contributed by atoms with Crippen LogP contribution in [0, 0.1) is 5.41 Å². The van der Waals surface area contributed by atoms with Crippen molar-refractivity contribution in [1.82, 2.24) is 10.6 Å². The van der Waals surface area contributed by atoms with Crippen molar-refractivity contribution >= 4 is 24.8 Å². The van der Waals surface area contributed by atoms with Crippen LogP contribution in [0.25, 0.3) is 0 Å². The first-order valence-corrected chi connectivity index (χ1v) is 4.33. The third kappa shape index (κ3) is 2.49. The standard InChI is InChI=1S/C8H16N2.2ClH/c1-2-8(6-9-4-1)3-5-10-7-8;;/h9-10H,1-7H2;2*1H. The molecule has 2 N–H and O–H groups in total. The average molecular weight is 213 g/mol. The molecule has 1 atom stereocenters. The Labute approximate surface area is 86.7 Å². The van der Waals surface area contributed by atoms with E-state index in [1.165, 1.54) is 45.4 Å². The van der Waals surface area contributed by atoms with Crippen LogP contribution in [0.3, 0.4) is 0 Å². The third-order valence-electron chi connectivity index (χ3n) is 2.89. The Morgan fingerprint density at radius 3 is 1.92 bits per heavy atom. The fraction of sp³-hybridized carbons (Fsp3) is 1.00. The summed E-state index contributed by atoms with van der Waals surface area (Å²) in [5.74, 6) is 0. The van der Waals surface area contributed by atoms with E-state index < -0.39 is 0 Å². The molecule has 4 heteroatoms. The summed E-state index contributed by atoms with van der Waals surface area (Å²) >= 11 is 0. The largest absolute Gasteiger partial charge is 0.316 e. The van der Waals surface area contributed by atoms with Gasteiger partial charge in [0, 0.05) is 13.1 Å². The van der Waals surface area contributed by atoms with Gasteiger partial charge in [0.25, 0.3) is 0 Å². The molecule has 74 valence electrons. The second-order valence-corrected chi connectivity index (χ2v) is 3.71. The van der Waals surface area contributed by atoms with Gasteiger partial charge in [-0.2, -0.15) is 0 Å². The van der Waals surface area contributed by atoms with Gasteiger partial charge < -0.3 is 10.6 Å². The highest BCUT2D eigenvalue weighted by molar-refractivity contribution is 5.85. The molecule has 0 aliphatic carbocycles. The summed E-state index contributed by atoms with van der Waals surface area (Å²) in [4.78, 5) is 0. The number of halogens is 2. The zero-order valence-corrected chi connectivity index (χ0v) is 8.90. The first-order valence-electron chi connectivity index (χ1n) is 4.33. The molecule has 0 radical (unpaired) electrons. The zero-order valence-electron chi connectivity index (χ0n) is 7.27. The Bertz CT molecular complexity index is 116. The highest BCUT2D eigenvalue weighted by atomic mass is 35.5. The summed E-state index contributed by atoms with van der Waals surface area (Å²) in [6.45, 7) is 4.98. The predicted octanol–water partition coefficient (Wildman–Crippen LogP) is 1.19. The fourth-order valence-electron chi connectivity index (χ4n) is 2.19. The third-order valence-corrected chi connectivity index (χ3v) is 2.89. The SMILES string of the molecule is C1CNCC2(C1)CCNC2.Cl.Cl. The molecule has 2 rings (SSSR count). The Hall–Kier alpha value is 0.500. The van der Waals surface area contributed by atoms with Crippen LogP contribution in [0.4, 0.5) is 0 Å². The lowest BCUT2D eigenvalue weighted by atomic mass is 9.80. The lowest BCUT2D eigenvalue weighted by molar-refractivity contribution is 0.236. The van der Waals surface area contributed by atoms with Crippen molar-refractivity contribution in [3.8, 4) is 0 Å². The molecule has 2 nitrogen and oxygen atoms in total. The Kier molecular flexibility index (Phi) is 5.50. The van der Waals surface area contributed by atoms with Crippen molar-refractivity contribution in [2.24, 2.45) is 5.41 Å². The van der Waals surface area contributed by atoms with Crippen molar-refractivity contribution in [3.05, 3.63) is 0 Å². The van der Waals surface area contributed by atoms with Crippen LogP contribution in [0.1, 0.15) is 19.3 Å². The average Bonchev–Trinajstić information content (AvgIpc) is 2.39. The first kappa shape index (κ1) is 12.5.